The van der Waals surface area contributed by atoms with Gasteiger partial charge in [-0.15, -0.1) is 0 Å². The first-order valence-corrected chi connectivity index (χ1v) is 8.00. The maximum atomic E-state index is 12.1. The molecule has 1 aromatic carbocycles. The van der Waals surface area contributed by atoms with E-state index in [1.54, 1.807) is 0 Å². The number of esters is 1. The molecule has 2 rings (SSSR count). The van der Waals surface area contributed by atoms with Gasteiger partial charge in [0.1, 0.15) is 5.15 Å². The monoisotopic (exact) mass is 346 g/mol. The summed E-state index contributed by atoms with van der Waals surface area (Å²) in [7, 11) is 0. The zero-order valence-electron chi connectivity index (χ0n) is 13.5. The van der Waals surface area contributed by atoms with Gasteiger partial charge in [-0.1, -0.05) is 48.9 Å². The van der Waals surface area contributed by atoms with Crippen molar-refractivity contribution < 1.29 is 14.3 Å². The first-order chi connectivity index (χ1) is 11.5. The van der Waals surface area contributed by atoms with Crippen LogP contribution in [0.25, 0.3) is 0 Å². The number of ether oxygens (including phenoxy) is 1. The number of pyridine rings is 1. The van der Waals surface area contributed by atoms with Crippen LogP contribution < -0.4 is 5.32 Å². The van der Waals surface area contributed by atoms with Crippen molar-refractivity contribution in [3.05, 3.63) is 64.9 Å². The van der Waals surface area contributed by atoms with Gasteiger partial charge in [0.25, 0.3) is 5.91 Å². The Kier molecular flexibility index (Phi) is 6.32. The fourth-order valence-electron chi connectivity index (χ4n) is 2.08. The standard InChI is InChI=1S/C18H19ClN2O3/c1-12(14-6-4-3-5-7-14)10-21-17(22)13(2)24-18(23)15-8-9-16(19)20-11-15/h3-9,11-13H,10H2,1-2H3,(H,21,22)/t12-,13-/m0/s1. The first kappa shape index (κ1) is 17.9. The van der Waals surface area contributed by atoms with Gasteiger partial charge in [-0.25, -0.2) is 9.78 Å². The Morgan fingerprint density at radius 2 is 1.88 bits per heavy atom. The molecule has 1 N–H and O–H groups in total. The number of rotatable bonds is 6. The number of benzene rings is 1. The van der Waals surface area contributed by atoms with E-state index < -0.39 is 12.1 Å². The number of nitrogens with zero attached hydrogens (tertiary/aromatic N) is 1. The average Bonchev–Trinajstić information content (AvgIpc) is 2.60. The average molecular weight is 347 g/mol. The third kappa shape index (κ3) is 5.06. The molecule has 5 nitrogen and oxygen atoms in total. The summed E-state index contributed by atoms with van der Waals surface area (Å²) in [6, 6.07) is 12.9. The molecule has 0 saturated carbocycles. The molecule has 2 atom stereocenters. The molecule has 126 valence electrons. The molecular weight excluding hydrogens is 328 g/mol. The number of hydrogen-bond donors (Lipinski definition) is 1. The van der Waals surface area contributed by atoms with Gasteiger partial charge < -0.3 is 10.1 Å². The summed E-state index contributed by atoms with van der Waals surface area (Å²) < 4.78 is 5.14. The second-order valence-electron chi connectivity index (χ2n) is 5.47. The third-order valence-corrected chi connectivity index (χ3v) is 3.79. The Balaban J connectivity index is 1.83. The van der Waals surface area contributed by atoms with E-state index >= 15 is 0 Å². The predicted molar refractivity (Wildman–Crippen MR) is 92.0 cm³/mol. The molecule has 0 unspecified atom stereocenters. The Bertz CT molecular complexity index is 689. The van der Waals surface area contributed by atoms with E-state index in [0.717, 1.165) is 5.56 Å². The van der Waals surface area contributed by atoms with Gasteiger partial charge in [-0.3, -0.25) is 4.79 Å². The van der Waals surface area contributed by atoms with Gasteiger partial charge in [-0.05, 0) is 30.5 Å². The number of carbonyl (C=O) groups excluding carboxylic acids is 2. The van der Waals surface area contributed by atoms with Gasteiger partial charge in [0.05, 0.1) is 5.56 Å². The summed E-state index contributed by atoms with van der Waals surface area (Å²) in [6.07, 6.45) is 0.420. The van der Waals surface area contributed by atoms with Crippen LogP contribution in [0, 0.1) is 0 Å². The van der Waals surface area contributed by atoms with Crippen molar-refractivity contribution in [2.24, 2.45) is 0 Å². The minimum Gasteiger partial charge on any atom is -0.449 e. The van der Waals surface area contributed by atoms with E-state index in [-0.39, 0.29) is 22.5 Å². The Labute approximate surface area is 146 Å². The fraction of sp³-hybridized carbons (Fsp3) is 0.278. The molecule has 0 aliphatic carbocycles. The maximum absolute atomic E-state index is 12.1. The molecule has 0 spiro atoms. The van der Waals surface area contributed by atoms with E-state index in [9.17, 15) is 9.59 Å². The van der Waals surface area contributed by atoms with E-state index in [1.807, 2.05) is 37.3 Å². The van der Waals surface area contributed by atoms with Gasteiger partial charge in [0.2, 0.25) is 0 Å². The van der Waals surface area contributed by atoms with Gasteiger partial charge in [-0.2, -0.15) is 0 Å². The highest BCUT2D eigenvalue weighted by Crippen LogP contribution is 2.13. The summed E-state index contributed by atoms with van der Waals surface area (Å²) in [6.45, 7) is 4.02. The Morgan fingerprint density at radius 3 is 2.50 bits per heavy atom. The lowest BCUT2D eigenvalue weighted by atomic mass is 10.0. The second-order valence-corrected chi connectivity index (χ2v) is 5.86. The highest BCUT2D eigenvalue weighted by molar-refractivity contribution is 6.29. The van der Waals surface area contributed by atoms with Crippen LogP contribution in [0.4, 0.5) is 0 Å². The number of nitrogens with one attached hydrogen (secondary N) is 1. The molecule has 0 saturated heterocycles. The zero-order valence-corrected chi connectivity index (χ0v) is 14.3. The zero-order chi connectivity index (χ0) is 17.5. The van der Waals surface area contributed by atoms with E-state index in [1.165, 1.54) is 25.3 Å². The number of halogens is 1. The lowest BCUT2D eigenvalue weighted by Gasteiger charge is -2.16. The molecule has 0 radical (unpaired) electrons. The number of hydrogen-bond acceptors (Lipinski definition) is 4. The molecule has 0 fully saturated rings. The molecule has 1 aromatic heterocycles. The molecule has 0 bridgehead atoms. The quantitative estimate of drug-likeness (QED) is 0.644. The van der Waals surface area contributed by atoms with Crippen LogP contribution in [0.3, 0.4) is 0 Å². The Hall–Kier alpha value is -2.40. The summed E-state index contributed by atoms with van der Waals surface area (Å²) in [5.41, 5.74) is 1.38. The molecule has 1 amide bonds. The van der Waals surface area contributed by atoms with Crippen molar-refractivity contribution in [3.8, 4) is 0 Å². The summed E-state index contributed by atoms with van der Waals surface area (Å²) >= 11 is 5.67. The van der Waals surface area contributed by atoms with Crippen molar-refractivity contribution in [1.82, 2.24) is 10.3 Å². The molecule has 0 aliphatic heterocycles. The van der Waals surface area contributed by atoms with Crippen molar-refractivity contribution >= 4 is 23.5 Å². The summed E-state index contributed by atoms with van der Waals surface area (Å²) in [4.78, 5) is 27.8. The topological polar surface area (TPSA) is 68.3 Å². The highest BCUT2D eigenvalue weighted by atomic mass is 35.5. The van der Waals surface area contributed by atoms with Gasteiger partial charge in [0.15, 0.2) is 6.10 Å². The predicted octanol–water partition coefficient (Wildman–Crippen LogP) is 3.20. The Morgan fingerprint density at radius 1 is 1.17 bits per heavy atom. The number of aromatic nitrogens is 1. The van der Waals surface area contributed by atoms with Crippen LogP contribution in [-0.4, -0.2) is 29.5 Å². The number of carbonyl (C=O) groups is 2. The SMILES string of the molecule is C[C@H](OC(=O)c1ccc(Cl)nc1)C(=O)NC[C@H](C)c1ccccc1. The van der Waals surface area contributed by atoms with Crippen LogP contribution in [0.1, 0.15) is 35.7 Å². The largest absolute Gasteiger partial charge is 0.449 e. The first-order valence-electron chi connectivity index (χ1n) is 7.62. The van der Waals surface area contributed by atoms with Crippen LogP contribution in [-0.2, 0) is 9.53 Å². The molecule has 0 aliphatic rings. The number of amides is 1. The lowest BCUT2D eigenvalue weighted by molar-refractivity contribution is -0.129. The van der Waals surface area contributed by atoms with Gasteiger partial charge >= 0.3 is 5.97 Å². The van der Waals surface area contributed by atoms with Crippen LogP contribution in [0.5, 0.6) is 0 Å². The van der Waals surface area contributed by atoms with Crippen molar-refractivity contribution in [1.29, 1.82) is 0 Å². The second kappa shape index (κ2) is 8.45. The lowest BCUT2D eigenvalue weighted by Crippen LogP contribution is -2.37. The normalized spacial score (nSPS) is 13.0. The molecular formula is C18H19ClN2O3. The molecule has 2 aromatic rings. The van der Waals surface area contributed by atoms with Crippen molar-refractivity contribution in [3.63, 3.8) is 0 Å². The molecule has 6 heteroatoms. The highest BCUT2D eigenvalue weighted by Gasteiger charge is 2.19. The minimum atomic E-state index is -0.892. The van der Waals surface area contributed by atoms with Gasteiger partial charge in [0, 0.05) is 12.7 Å². The maximum Gasteiger partial charge on any atom is 0.340 e. The fourth-order valence-corrected chi connectivity index (χ4v) is 2.19. The van der Waals surface area contributed by atoms with E-state index in [4.69, 9.17) is 16.3 Å². The molecule has 1 heterocycles. The van der Waals surface area contributed by atoms with E-state index in [0.29, 0.717) is 6.54 Å². The van der Waals surface area contributed by atoms with Crippen molar-refractivity contribution in [2.45, 2.75) is 25.9 Å². The third-order valence-electron chi connectivity index (χ3n) is 3.57. The summed E-state index contributed by atoms with van der Waals surface area (Å²) in [5.74, 6) is -0.788. The van der Waals surface area contributed by atoms with Crippen molar-refractivity contribution in [2.75, 3.05) is 6.54 Å². The van der Waals surface area contributed by atoms with Crippen LogP contribution >= 0.6 is 11.6 Å². The van der Waals surface area contributed by atoms with E-state index in [2.05, 4.69) is 10.3 Å². The van der Waals surface area contributed by atoms with Crippen LogP contribution in [0.2, 0.25) is 5.15 Å². The van der Waals surface area contributed by atoms with Crippen LogP contribution in [0.15, 0.2) is 48.7 Å². The summed E-state index contributed by atoms with van der Waals surface area (Å²) in [5, 5.41) is 3.08. The minimum absolute atomic E-state index is 0.165. The smallest absolute Gasteiger partial charge is 0.340 e. The molecule has 24 heavy (non-hydrogen) atoms.